The summed E-state index contributed by atoms with van der Waals surface area (Å²) in [7, 11) is 1.93. The molecule has 0 fully saturated rings. The fourth-order valence-corrected chi connectivity index (χ4v) is 1.74. The van der Waals surface area contributed by atoms with Crippen LogP contribution in [0.15, 0.2) is 35.2 Å². The van der Waals surface area contributed by atoms with Gasteiger partial charge in [-0.25, -0.2) is 4.98 Å². The number of hydrogen-bond acceptors (Lipinski definition) is 3. The number of halogens is 1. The maximum Gasteiger partial charge on any atom is 0.133 e. The van der Waals surface area contributed by atoms with Gasteiger partial charge in [0.05, 0.1) is 12.9 Å². The zero-order valence-electron chi connectivity index (χ0n) is 9.77. The average Bonchev–Trinajstić information content (AvgIpc) is 2.96. The van der Waals surface area contributed by atoms with E-state index < -0.39 is 0 Å². The van der Waals surface area contributed by atoms with Gasteiger partial charge in [-0.15, -0.1) is 0 Å². The summed E-state index contributed by atoms with van der Waals surface area (Å²) in [5, 5.41) is 3.25. The van der Waals surface area contributed by atoms with Gasteiger partial charge in [-0.1, -0.05) is 0 Å². The molecule has 92 valence electrons. The van der Waals surface area contributed by atoms with Crippen molar-refractivity contribution in [2.24, 2.45) is 7.05 Å². The number of nitrogens with zero attached hydrogens (tertiary/aromatic N) is 2. The van der Waals surface area contributed by atoms with Crippen molar-refractivity contribution in [1.82, 2.24) is 14.9 Å². The van der Waals surface area contributed by atoms with Crippen LogP contribution in [0.1, 0.15) is 24.0 Å². The first-order chi connectivity index (χ1) is 8.33. The van der Waals surface area contributed by atoms with Crippen molar-refractivity contribution in [2.45, 2.75) is 12.5 Å². The second kappa shape index (κ2) is 5.63. The van der Waals surface area contributed by atoms with Crippen molar-refractivity contribution in [2.75, 3.05) is 13.2 Å². The Labute approximate surface area is 99.5 Å². The van der Waals surface area contributed by atoms with Crippen LogP contribution in [-0.2, 0) is 7.05 Å². The van der Waals surface area contributed by atoms with E-state index in [2.05, 4.69) is 10.3 Å². The molecule has 0 aliphatic carbocycles. The molecule has 5 heteroatoms. The Bertz CT molecular complexity index is 438. The van der Waals surface area contributed by atoms with Gasteiger partial charge in [0.15, 0.2) is 0 Å². The molecular weight excluding hydrogens is 221 g/mol. The Hall–Kier alpha value is -1.62. The van der Waals surface area contributed by atoms with Gasteiger partial charge in [0.1, 0.15) is 17.6 Å². The molecule has 0 saturated carbocycles. The van der Waals surface area contributed by atoms with Crippen molar-refractivity contribution in [3.63, 3.8) is 0 Å². The lowest BCUT2D eigenvalue weighted by atomic mass is 10.2. The molecule has 0 radical (unpaired) electrons. The van der Waals surface area contributed by atoms with Gasteiger partial charge in [0.25, 0.3) is 0 Å². The summed E-state index contributed by atoms with van der Waals surface area (Å²) in [6, 6.07) is 3.60. The van der Waals surface area contributed by atoms with Crippen molar-refractivity contribution in [3.8, 4) is 0 Å². The zero-order chi connectivity index (χ0) is 12.1. The normalized spacial score (nSPS) is 12.8. The van der Waals surface area contributed by atoms with Gasteiger partial charge in [-0.2, -0.15) is 0 Å². The van der Waals surface area contributed by atoms with Gasteiger partial charge in [0, 0.05) is 19.4 Å². The summed E-state index contributed by atoms with van der Waals surface area (Å²) in [5.41, 5.74) is 0. The maximum absolute atomic E-state index is 12.1. The van der Waals surface area contributed by atoms with Crippen LogP contribution in [0.3, 0.4) is 0 Å². The molecule has 0 spiro atoms. The van der Waals surface area contributed by atoms with E-state index in [1.807, 2.05) is 29.9 Å². The third-order valence-corrected chi connectivity index (χ3v) is 2.60. The van der Waals surface area contributed by atoms with E-state index in [-0.39, 0.29) is 12.7 Å². The molecule has 0 amide bonds. The number of hydrogen-bond donors (Lipinski definition) is 1. The number of furan rings is 1. The largest absolute Gasteiger partial charge is 0.467 e. The molecule has 17 heavy (non-hydrogen) atoms. The Morgan fingerprint density at radius 1 is 1.59 bits per heavy atom. The maximum atomic E-state index is 12.1. The van der Waals surface area contributed by atoms with Crippen molar-refractivity contribution < 1.29 is 8.81 Å². The molecule has 2 rings (SSSR count). The quantitative estimate of drug-likeness (QED) is 0.782. The fraction of sp³-hybridized carbons (Fsp3) is 0.417. The SMILES string of the molecule is Cn1ccnc1C(NCCCF)c1ccco1. The second-order valence-electron chi connectivity index (χ2n) is 3.84. The van der Waals surface area contributed by atoms with Gasteiger partial charge >= 0.3 is 0 Å². The highest BCUT2D eigenvalue weighted by molar-refractivity contribution is 5.15. The monoisotopic (exact) mass is 237 g/mol. The van der Waals surface area contributed by atoms with E-state index in [0.717, 1.165) is 11.6 Å². The zero-order valence-corrected chi connectivity index (χ0v) is 9.77. The first-order valence-electron chi connectivity index (χ1n) is 5.63. The van der Waals surface area contributed by atoms with Crippen molar-refractivity contribution in [3.05, 3.63) is 42.4 Å². The van der Waals surface area contributed by atoms with Crippen LogP contribution in [0.4, 0.5) is 4.39 Å². The molecule has 0 aliphatic heterocycles. The Kier molecular flexibility index (Phi) is 3.93. The van der Waals surface area contributed by atoms with Crippen molar-refractivity contribution in [1.29, 1.82) is 0 Å². The van der Waals surface area contributed by atoms with Gasteiger partial charge in [-0.3, -0.25) is 4.39 Å². The lowest BCUT2D eigenvalue weighted by Gasteiger charge is -2.16. The molecule has 2 heterocycles. The van der Waals surface area contributed by atoms with E-state index in [1.165, 1.54) is 0 Å². The Balaban J connectivity index is 2.16. The number of imidazole rings is 1. The standard InChI is InChI=1S/C12H16FN3O/c1-16-8-7-15-12(16)11(14-6-3-5-13)10-4-2-9-17-10/h2,4,7-9,11,14H,3,5-6H2,1H3. The minimum absolute atomic E-state index is 0.128. The molecule has 0 aliphatic rings. The van der Waals surface area contributed by atoms with Crippen LogP contribution in [0.2, 0.25) is 0 Å². The van der Waals surface area contributed by atoms with Gasteiger partial charge < -0.3 is 14.3 Å². The molecule has 0 bridgehead atoms. The average molecular weight is 237 g/mol. The number of rotatable bonds is 6. The summed E-state index contributed by atoms with van der Waals surface area (Å²) in [6.07, 6.45) is 5.73. The molecule has 2 aromatic heterocycles. The summed E-state index contributed by atoms with van der Waals surface area (Å²) in [6.45, 7) is 0.271. The summed E-state index contributed by atoms with van der Waals surface area (Å²) in [5.74, 6) is 1.65. The third kappa shape index (κ3) is 2.74. The minimum Gasteiger partial charge on any atom is -0.467 e. The molecule has 0 saturated heterocycles. The first kappa shape index (κ1) is 11.9. The first-order valence-corrected chi connectivity index (χ1v) is 5.63. The summed E-state index contributed by atoms with van der Waals surface area (Å²) < 4.78 is 19.4. The summed E-state index contributed by atoms with van der Waals surface area (Å²) in [4.78, 5) is 4.30. The van der Waals surface area contributed by atoms with E-state index in [9.17, 15) is 4.39 Å². The second-order valence-corrected chi connectivity index (χ2v) is 3.84. The summed E-state index contributed by atoms with van der Waals surface area (Å²) >= 11 is 0. The number of nitrogens with one attached hydrogen (secondary N) is 1. The van der Waals surface area contributed by atoms with E-state index in [0.29, 0.717) is 13.0 Å². The highest BCUT2D eigenvalue weighted by atomic mass is 19.1. The Morgan fingerprint density at radius 2 is 2.47 bits per heavy atom. The smallest absolute Gasteiger partial charge is 0.133 e. The molecule has 4 nitrogen and oxygen atoms in total. The fourth-order valence-electron chi connectivity index (χ4n) is 1.74. The van der Waals surface area contributed by atoms with Crippen LogP contribution in [0, 0.1) is 0 Å². The van der Waals surface area contributed by atoms with Crippen LogP contribution in [0.5, 0.6) is 0 Å². The topological polar surface area (TPSA) is 43.0 Å². The third-order valence-electron chi connectivity index (χ3n) is 2.60. The molecule has 1 atom stereocenters. The van der Waals surface area contributed by atoms with Crippen LogP contribution in [-0.4, -0.2) is 22.8 Å². The van der Waals surface area contributed by atoms with Crippen LogP contribution in [0.25, 0.3) is 0 Å². The van der Waals surface area contributed by atoms with E-state index in [1.54, 1.807) is 12.5 Å². The van der Waals surface area contributed by atoms with E-state index >= 15 is 0 Å². The predicted molar refractivity (Wildman–Crippen MR) is 62.4 cm³/mol. The number of aromatic nitrogens is 2. The van der Waals surface area contributed by atoms with Crippen LogP contribution >= 0.6 is 0 Å². The highest BCUT2D eigenvalue weighted by Gasteiger charge is 2.19. The number of alkyl halides is 1. The lowest BCUT2D eigenvalue weighted by molar-refractivity contribution is 0.407. The van der Waals surface area contributed by atoms with Gasteiger partial charge in [-0.05, 0) is 25.1 Å². The Morgan fingerprint density at radius 3 is 3.06 bits per heavy atom. The molecular formula is C12H16FN3O. The highest BCUT2D eigenvalue weighted by Crippen LogP contribution is 2.20. The number of aryl methyl sites for hydroxylation is 1. The minimum atomic E-state index is -0.321. The molecule has 0 aromatic carbocycles. The molecule has 2 aromatic rings. The molecule has 1 N–H and O–H groups in total. The van der Waals surface area contributed by atoms with Crippen LogP contribution < -0.4 is 5.32 Å². The predicted octanol–water partition coefficient (Wildman–Crippen LogP) is 2.05. The van der Waals surface area contributed by atoms with Gasteiger partial charge in [0.2, 0.25) is 0 Å². The van der Waals surface area contributed by atoms with Crippen molar-refractivity contribution >= 4 is 0 Å². The lowest BCUT2D eigenvalue weighted by Crippen LogP contribution is -2.26. The van der Waals surface area contributed by atoms with E-state index in [4.69, 9.17) is 4.42 Å². The molecule has 1 unspecified atom stereocenters.